The van der Waals surface area contributed by atoms with Crippen LogP contribution in [0, 0.1) is 17.8 Å². The molecule has 19 heavy (non-hydrogen) atoms. The molecule has 2 heteroatoms. The molecule has 1 aliphatic heterocycles. The van der Waals surface area contributed by atoms with E-state index in [4.69, 9.17) is 5.73 Å². The average Bonchev–Trinajstić information content (AvgIpc) is 3.07. The van der Waals surface area contributed by atoms with Crippen molar-refractivity contribution >= 4 is 0 Å². The summed E-state index contributed by atoms with van der Waals surface area (Å²) in [5.74, 6) is 2.95. The molecule has 0 aromatic rings. The van der Waals surface area contributed by atoms with Crippen LogP contribution in [0.5, 0.6) is 0 Å². The largest absolute Gasteiger partial charge is 0.329 e. The van der Waals surface area contributed by atoms with Gasteiger partial charge in [-0.15, -0.1) is 0 Å². The van der Waals surface area contributed by atoms with E-state index in [-0.39, 0.29) is 0 Å². The lowest BCUT2D eigenvalue weighted by Gasteiger charge is -2.55. The number of likely N-dealkylation sites (tertiary alicyclic amines) is 1. The van der Waals surface area contributed by atoms with Gasteiger partial charge in [-0.2, -0.15) is 0 Å². The monoisotopic (exact) mass is 262 g/mol. The van der Waals surface area contributed by atoms with Crippen molar-refractivity contribution in [3.63, 3.8) is 0 Å². The second kappa shape index (κ2) is 4.73. The van der Waals surface area contributed by atoms with Crippen molar-refractivity contribution in [1.82, 2.24) is 4.90 Å². The van der Waals surface area contributed by atoms with E-state index in [1.165, 1.54) is 70.8 Å². The maximum absolute atomic E-state index is 6.37. The van der Waals surface area contributed by atoms with E-state index in [1.807, 2.05) is 0 Å². The molecule has 3 aliphatic carbocycles. The fraction of sp³-hybridized carbons (Fsp3) is 1.00. The van der Waals surface area contributed by atoms with Crippen LogP contribution in [0.1, 0.15) is 64.2 Å². The third-order valence-corrected chi connectivity index (χ3v) is 7.11. The Labute approximate surface area is 118 Å². The van der Waals surface area contributed by atoms with Gasteiger partial charge in [-0.25, -0.2) is 0 Å². The summed E-state index contributed by atoms with van der Waals surface area (Å²) < 4.78 is 0. The lowest BCUT2D eigenvalue weighted by atomic mass is 9.72. The lowest BCUT2D eigenvalue weighted by molar-refractivity contribution is -0.0520. The van der Waals surface area contributed by atoms with Gasteiger partial charge in [0.1, 0.15) is 0 Å². The first kappa shape index (κ1) is 12.6. The summed E-state index contributed by atoms with van der Waals surface area (Å²) in [6, 6.07) is 0.894. The molecule has 3 unspecified atom stereocenters. The zero-order chi connectivity index (χ0) is 12.9. The molecule has 0 spiro atoms. The Morgan fingerprint density at radius 1 is 1.00 bits per heavy atom. The molecule has 0 amide bonds. The number of nitrogens with zero attached hydrogens (tertiary/aromatic N) is 1. The van der Waals surface area contributed by atoms with Crippen LogP contribution in [-0.2, 0) is 0 Å². The zero-order valence-corrected chi connectivity index (χ0v) is 12.3. The molecular formula is C17H30N2. The molecule has 2 bridgehead atoms. The maximum Gasteiger partial charge on any atom is 0.0365 e. The van der Waals surface area contributed by atoms with Crippen LogP contribution in [0.2, 0.25) is 0 Å². The molecule has 0 aromatic heterocycles. The Morgan fingerprint density at radius 3 is 2.58 bits per heavy atom. The number of nitrogens with two attached hydrogens (primary N) is 1. The lowest BCUT2D eigenvalue weighted by Crippen LogP contribution is -2.64. The Kier molecular flexibility index (Phi) is 3.15. The highest BCUT2D eigenvalue weighted by molar-refractivity contribution is 5.10. The van der Waals surface area contributed by atoms with E-state index in [9.17, 15) is 0 Å². The van der Waals surface area contributed by atoms with Gasteiger partial charge in [0.25, 0.3) is 0 Å². The van der Waals surface area contributed by atoms with Crippen molar-refractivity contribution in [3.8, 4) is 0 Å². The minimum absolute atomic E-state index is 0.420. The zero-order valence-electron chi connectivity index (χ0n) is 12.3. The molecule has 4 rings (SSSR count). The Bertz CT molecular complexity index is 340. The van der Waals surface area contributed by atoms with Crippen molar-refractivity contribution in [2.75, 3.05) is 13.1 Å². The average molecular weight is 262 g/mol. The summed E-state index contributed by atoms with van der Waals surface area (Å²) in [4.78, 5) is 2.96. The van der Waals surface area contributed by atoms with Gasteiger partial charge in [-0.05, 0) is 69.2 Å². The van der Waals surface area contributed by atoms with E-state index >= 15 is 0 Å². The second-order valence-electron chi connectivity index (χ2n) is 7.84. The fourth-order valence-electron chi connectivity index (χ4n) is 6.31. The molecule has 2 nitrogen and oxygen atoms in total. The van der Waals surface area contributed by atoms with Gasteiger partial charge >= 0.3 is 0 Å². The van der Waals surface area contributed by atoms with Crippen LogP contribution in [0.15, 0.2) is 0 Å². The SMILES string of the molecule is NCC1(N2CCC[C@H]3CCCC[C@H]32)CC2CCC1C2. The van der Waals surface area contributed by atoms with Gasteiger partial charge < -0.3 is 5.73 Å². The fourth-order valence-corrected chi connectivity index (χ4v) is 6.31. The summed E-state index contributed by atoms with van der Waals surface area (Å²) in [6.07, 6.45) is 14.7. The smallest absolute Gasteiger partial charge is 0.0365 e. The van der Waals surface area contributed by atoms with Gasteiger partial charge in [-0.3, -0.25) is 4.90 Å². The number of hydrogen-bond donors (Lipinski definition) is 1. The van der Waals surface area contributed by atoms with E-state index < -0.39 is 0 Å². The van der Waals surface area contributed by atoms with Gasteiger partial charge in [0.15, 0.2) is 0 Å². The summed E-state index contributed by atoms with van der Waals surface area (Å²) >= 11 is 0. The van der Waals surface area contributed by atoms with Crippen molar-refractivity contribution in [1.29, 1.82) is 0 Å². The first-order valence-electron chi connectivity index (χ1n) is 8.80. The minimum atomic E-state index is 0.420. The topological polar surface area (TPSA) is 29.3 Å². The van der Waals surface area contributed by atoms with Crippen molar-refractivity contribution in [2.45, 2.75) is 75.8 Å². The molecular weight excluding hydrogens is 232 g/mol. The molecule has 0 radical (unpaired) electrons. The van der Waals surface area contributed by atoms with Crippen LogP contribution in [0.4, 0.5) is 0 Å². The molecule has 3 saturated carbocycles. The second-order valence-corrected chi connectivity index (χ2v) is 7.84. The Hall–Kier alpha value is -0.0800. The number of rotatable bonds is 2. The van der Waals surface area contributed by atoms with Crippen LogP contribution >= 0.6 is 0 Å². The standard InChI is InChI=1S/C17H30N2/c18-12-17(11-13-7-8-15(17)10-13)19-9-3-5-14-4-1-2-6-16(14)19/h13-16H,1-12,18H2/t13?,14-,15?,16-,17?/m1/s1. The number of fused-ring (bicyclic) bond motifs is 3. The highest BCUT2D eigenvalue weighted by Gasteiger charge is 2.55. The van der Waals surface area contributed by atoms with E-state index in [0.717, 1.165) is 30.3 Å². The molecule has 2 N–H and O–H groups in total. The van der Waals surface area contributed by atoms with Crippen LogP contribution in [0.3, 0.4) is 0 Å². The van der Waals surface area contributed by atoms with E-state index in [2.05, 4.69) is 4.90 Å². The normalized spacial score (nSPS) is 50.4. The highest BCUT2D eigenvalue weighted by atomic mass is 15.3. The third-order valence-electron chi connectivity index (χ3n) is 7.11. The molecule has 4 fully saturated rings. The Morgan fingerprint density at radius 2 is 1.84 bits per heavy atom. The minimum Gasteiger partial charge on any atom is -0.329 e. The number of piperidine rings is 1. The molecule has 1 saturated heterocycles. The van der Waals surface area contributed by atoms with Crippen LogP contribution in [0.25, 0.3) is 0 Å². The van der Waals surface area contributed by atoms with Gasteiger partial charge in [0.05, 0.1) is 0 Å². The summed E-state index contributed by atoms with van der Waals surface area (Å²) in [5, 5.41) is 0. The van der Waals surface area contributed by atoms with E-state index in [0.29, 0.717) is 5.54 Å². The van der Waals surface area contributed by atoms with Crippen LogP contribution in [-0.4, -0.2) is 29.6 Å². The summed E-state index contributed by atoms with van der Waals surface area (Å²) in [7, 11) is 0. The molecule has 4 aliphatic rings. The molecule has 0 aromatic carbocycles. The summed E-state index contributed by atoms with van der Waals surface area (Å²) in [6.45, 7) is 2.28. The quantitative estimate of drug-likeness (QED) is 0.828. The van der Waals surface area contributed by atoms with Crippen molar-refractivity contribution in [2.24, 2.45) is 23.5 Å². The molecule has 108 valence electrons. The van der Waals surface area contributed by atoms with E-state index in [1.54, 1.807) is 0 Å². The van der Waals surface area contributed by atoms with Gasteiger partial charge in [-0.1, -0.05) is 19.3 Å². The third kappa shape index (κ3) is 1.82. The van der Waals surface area contributed by atoms with Crippen molar-refractivity contribution < 1.29 is 0 Å². The highest BCUT2D eigenvalue weighted by Crippen LogP contribution is 2.55. The number of hydrogen-bond acceptors (Lipinski definition) is 2. The molecule has 5 atom stereocenters. The molecule has 1 heterocycles. The predicted octanol–water partition coefficient (Wildman–Crippen LogP) is 3.16. The van der Waals surface area contributed by atoms with Crippen molar-refractivity contribution in [3.05, 3.63) is 0 Å². The maximum atomic E-state index is 6.37. The Balaban J connectivity index is 1.62. The van der Waals surface area contributed by atoms with Gasteiger partial charge in [0, 0.05) is 18.1 Å². The first-order valence-corrected chi connectivity index (χ1v) is 8.80. The first-order chi connectivity index (χ1) is 9.33. The van der Waals surface area contributed by atoms with Crippen LogP contribution < -0.4 is 5.73 Å². The summed E-state index contributed by atoms with van der Waals surface area (Å²) in [5.41, 5.74) is 6.79. The van der Waals surface area contributed by atoms with Gasteiger partial charge in [0.2, 0.25) is 0 Å². The predicted molar refractivity (Wildman–Crippen MR) is 78.9 cm³/mol.